The summed E-state index contributed by atoms with van der Waals surface area (Å²) in [6.45, 7) is 0. The fourth-order valence-electron chi connectivity index (χ4n) is 2.86. The van der Waals surface area contributed by atoms with E-state index in [4.69, 9.17) is 16.2 Å². The number of methoxy groups -OCH3 is 1. The Hall–Kier alpha value is -0.910. The molecule has 5 heteroatoms. The van der Waals surface area contributed by atoms with Gasteiger partial charge in [0.15, 0.2) is 0 Å². The van der Waals surface area contributed by atoms with E-state index in [0.717, 1.165) is 44.1 Å². The van der Waals surface area contributed by atoms with Crippen molar-refractivity contribution in [3.63, 3.8) is 0 Å². The summed E-state index contributed by atoms with van der Waals surface area (Å²) < 4.78 is 5.33. The van der Waals surface area contributed by atoms with Gasteiger partial charge in [0.1, 0.15) is 0 Å². The van der Waals surface area contributed by atoms with Crippen LogP contribution in [-0.2, 0) is 9.53 Å². The lowest BCUT2D eigenvalue weighted by atomic mass is 9.90. The molecule has 108 valence electrons. The monoisotopic (exact) mass is 267 g/mol. The van der Waals surface area contributed by atoms with Gasteiger partial charge in [0, 0.05) is 30.8 Å². The van der Waals surface area contributed by atoms with E-state index >= 15 is 0 Å². The molecular weight excluding hydrogens is 242 g/mol. The summed E-state index contributed by atoms with van der Waals surface area (Å²) in [6.07, 6.45) is 7.71. The van der Waals surface area contributed by atoms with E-state index < -0.39 is 0 Å². The number of hydrogen-bond acceptors (Lipinski definition) is 4. The molecule has 5 nitrogen and oxygen atoms in total. The van der Waals surface area contributed by atoms with Gasteiger partial charge < -0.3 is 21.5 Å². The molecule has 5 N–H and O–H groups in total. The number of carbonyl (C=O) groups excluding carboxylic acids is 1. The van der Waals surface area contributed by atoms with E-state index in [1.54, 1.807) is 7.11 Å². The molecule has 2 atom stereocenters. The molecule has 0 radical (unpaired) electrons. The maximum atomic E-state index is 12.2. The highest BCUT2D eigenvalue weighted by atomic mass is 16.5. The van der Waals surface area contributed by atoms with Crippen LogP contribution in [0.25, 0.3) is 0 Å². The van der Waals surface area contributed by atoms with Crippen LogP contribution in [0, 0.1) is 0 Å². The van der Waals surface area contributed by atoms with E-state index in [-0.39, 0.29) is 24.0 Å². The van der Waals surface area contributed by atoms with E-state index in [1.165, 1.54) is 0 Å². The molecule has 19 heavy (non-hydrogen) atoms. The Kier molecular flexibility index (Phi) is 4.96. The minimum absolute atomic E-state index is 0.0197. The molecule has 2 rings (SSSR count). The second-order valence-corrected chi connectivity index (χ2v) is 5.65. The van der Waals surface area contributed by atoms with Gasteiger partial charge in [-0.15, -0.1) is 0 Å². The Balaban J connectivity index is 1.83. The number of rotatable bonds is 3. The first-order valence-corrected chi connectivity index (χ1v) is 7.15. The highest BCUT2D eigenvalue weighted by Gasteiger charge is 2.25. The lowest BCUT2D eigenvalue weighted by molar-refractivity contribution is -0.118. The first-order chi connectivity index (χ1) is 9.10. The van der Waals surface area contributed by atoms with Gasteiger partial charge in [-0.1, -0.05) is 6.08 Å². The van der Waals surface area contributed by atoms with Gasteiger partial charge in [-0.2, -0.15) is 0 Å². The van der Waals surface area contributed by atoms with Crippen molar-refractivity contribution in [1.29, 1.82) is 0 Å². The van der Waals surface area contributed by atoms with Gasteiger partial charge >= 0.3 is 0 Å². The molecule has 0 saturated heterocycles. The first-order valence-electron chi connectivity index (χ1n) is 7.15. The molecule has 1 amide bonds. The molecule has 1 fully saturated rings. The first kappa shape index (κ1) is 14.5. The largest absolute Gasteiger partial charge is 0.381 e. The van der Waals surface area contributed by atoms with Crippen molar-refractivity contribution < 1.29 is 9.53 Å². The SMILES string of the molecule is COC1CCC(NC(=O)C2=CC(N)C(N)CC2)CC1. The zero-order valence-corrected chi connectivity index (χ0v) is 11.6. The molecule has 2 aliphatic carbocycles. The van der Waals surface area contributed by atoms with Crippen LogP contribution in [0.15, 0.2) is 11.6 Å². The van der Waals surface area contributed by atoms with Crippen LogP contribution in [0.5, 0.6) is 0 Å². The smallest absolute Gasteiger partial charge is 0.247 e. The van der Waals surface area contributed by atoms with Crippen molar-refractivity contribution in [2.75, 3.05) is 7.11 Å². The molecule has 0 bridgehead atoms. The molecule has 0 aromatic heterocycles. The van der Waals surface area contributed by atoms with Gasteiger partial charge in [0.25, 0.3) is 0 Å². The lowest BCUT2D eigenvalue weighted by Crippen LogP contribution is -2.45. The summed E-state index contributed by atoms with van der Waals surface area (Å²) in [5, 5.41) is 3.11. The Morgan fingerprint density at radius 1 is 1.26 bits per heavy atom. The fraction of sp³-hybridized carbons (Fsp3) is 0.786. The lowest BCUT2D eigenvalue weighted by Gasteiger charge is -2.29. The molecule has 2 unspecified atom stereocenters. The topological polar surface area (TPSA) is 90.4 Å². The third kappa shape index (κ3) is 3.78. The molecule has 0 aliphatic heterocycles. The van der Waals surface area contributed by atoms with Crippen LogP contribution < -0.4 is 16.8 Å². The standard InChI is InChI=1S/C14H25N3O2/c1-19-11-5-3-10(4-6-11)17-14(18)9-2-7-12(15)13(16)8-9/h8,10-13H,2-7,15-16H2,1H3,(H,17,18). The number of amides is 1. The summed E-state index contributed by atoms with van der Waals surface area (Å²) in [6, 6.07) is 0.0547. The van der Waals surface area contributed by atoms with Gasteiger partial charge in [-0.3, -0.25) is 4.79 Å². The molecular formula is C14H25N3O2. The molecule has 0 aromatic rings. The van der Waals surface area contributed by atoms with Crippen molar-refractivity contribution in [2.45, 2.75) is 62.8 Å². The molecule has 2 aliphatic rings. The summed E-state index contributed by atoms with van der Waals surface area (Å²) in [7, 11) is 1.75. The molecule has 1 saturated carbocycles. The Labute approximate surface area is 114 Å². The maximum absolute atomic E-state index is 12.2. The summed E-state index contributed by atoms with van der Waals surface area (Å²) >= 11 is 0. The van der Waals surface area contributed by atoms with Crippen molar-refractivity contribution in [3.8, 4) is 0 Å². The number of carbonyl (C=O) groups is 1. The highest BCUT2D eigenvalue weighted by Crippen LogP contribution is 2.22. The van der Waals surface area contributed by atoms with Crippen LogP contribution in [0.4, 0.5) is 0 Å². The van der Waals surface area contributed by atoms with Crippen molar-refractivity contribution in [3.05, 3.63) is 11.6 Å². The van der Waals surface area contributed by atoms with E-state index in [9.17, 15) is 4.79 Å². The van der Waals surface area contributed by atoms with Gasteiger partial charge in [-0.25, -0.2) is 0 Å². The number of ether oxygens (including phenoxy) is 1. The van der Waals surface area contributed by atoms with Crippen LogP contribution in [0.3, 0.4) is 0 Å². The third-order valence-electron chi connectivity index (χ3n) is 4.27. The molecule has 0 heterocycles. The van der Waals surface area contributed by atoms with Crippen molar-refractivity contribution in [1.82, 2.24) is 5.32 Å². The van der Waals surface area contributed by atoms with Crippen molar-refractivity contribution in [2.24, 2.45) is 11.5 Å². The molecule has 0 aromatic carbocycles. The van der Waals surface area contributed by atoms with E-state index in [0.29, 0.717) is 6.10 Å². The average molecular weight is 267 g/mol. The maximum Gasteiger partial charge on any atom is 0.247 e. The van der Waals surface area contributed by atoms with E-state index in [2.05, 4.69) is 5.32 Å². The van der Waals surface area contributed by atoms with Crippen LogP contribution in [0.2, 0.25) is 0 Å². The summed E-state index contributed by atoms with van der Waals surface area (Å²) in [4.78, 5) is 12.2. The molecule has 0 spiro atoms. The van der Waals surface area contributed by atoms with Gasteiger partial charge in [-0.05, 0) is 38.5 Å². The number of hydrogen-bond donors (Lipinski definition) is 3. The Morgan fingerprint density at radius 3 is 2.53 bits per heavy atom. The van der Waals surface area contributed by atoms with Crippen molar-refractivity contribution >= 4 is 5.91 Å². The van der Waals surface area contributed by atoms with Crippen LogP contribution >= 0.6 is 0 Å². The predicted octanol–water partition coefficient (Wildman–Crippen LogP) is 0.435. The summed E-state index contributed by atoms with van der Waals surface area (Å²) in [5.74, 6) is 0.0308. The minimum Gasteiger partial charge on any atom is -0.381 e. The minimum atomic E-state index is -0.196. The Bertz CT molecular complexity index is 349. The number of nitrogens with two attached hydrogens (primary N) is 2. The van der Waals surface area contributed by atoms with Crippen LogP contribution in [0.1, 0.15) is 38.5 Å². The van der Waals surface area contributed by atoms with Gasteiger partial charge in [0.2, 0.25) is 5.91 Å². The van der Waals surface area contributed by atoms with Gasteiger partial charge in [0.05, 0.1) is 6.10 Å². The quantitative estimate of drug-likeness (QED) is 0.692. The third-order valence-corrected chi connectivity index (χ3v) is 4.27. The normalized spacial score (nSPS) is 35.6. The second-order valence-electron chi connectivity index (χ2n) is 5.65. The van der Waals surface area contributed by atoms with Crippen LogP contribution in [-0.4, -0.2) is 37.2 Å². The second kappa shape index (κ2) is 6.50. The average Bonchev–Trinajstić information content (AvgIpc) is 2.42. The zero-order chi connectivity index (χ0) is 13.8. The zero-order valence-electron chi connectivity index (χ0n) is 11.6. The Morgan fingerprint density at radius 2 is 1.95 bits per heavy atom. The fourth-order valence-corrected chi connectivity index (χ4v) is 2.86. The predicted molar refractivity (Wildman–Crippen MR) is 74.5 cm³/mol. The number of nitrogens with one attached hydrogen (secondary N) is 1. The summed E-state index contributed by atoms with van der Waals surface area (Å²) in [5.41, 5.74) is 12.5. The highest BCUT2D eigenvalue weighted by molar-refractivity contribution is 5.93. The van der Waals surface area contributed by atoms with E-state index in [1.807, 2.05) is 6.08 Å².